The number of hydrogen-bond donors (Lipinski definition) is 0. The lowest BCUT2D eigenvalue weighted by molar-refractivity contribution is -0.155. The Bertz CT molecular complexity index is 673. The number of hydrogen-bond acceptors (Lipinski definition) is 4. The smallest absolute Gasteiger partial charge is 0.333 e. The van der Waals surface area contributed by atoms with E-state index in [4.69, 9.17) is 13.9 Å². The third kappa shape index (κ3) is 1.97. The van der Waals surface area contributed by atoms with E-state index in [1.165, 1.54) is 11.1 Å². The average Bonchev–Trinajstić information content (AvgIpc) is 3.03. The predicted molar refractivity (Wildman–Crippen MR) is 84.9 cm³/mol. The number of ether oxygens (including phenoxy) is 2. The van der Waals surface area contributed by atoms with Crippen LogP contribution in [0.2, 0.25) is 0 Å². The van der Waals surface area contributed by atoms with E-state index in [1.807, 2.05) is 6.26 Å². The predicted octanol–water partition coefficient (Wildman–Crippen LogP) is 3.74. The van der Waals surface area contributed by atoms with E-state index in [2.05, 4.69) is 20.4 Å². The molecule has 3 aliphatic rings. The van der Waals surface area contributed by atoms with Crippen LogP contribution in [0.1, 0.15) is 49.7 Å². The highest BCUT2D eigenvalue weighted by Crippen LogP contribution is 2.63. The Kier molecular flexibility index (Phi) is 3.24. The molecule has 0 aromatic carbocycles. The fourth-order valence-corrected chi connectivity index (χ4v) is 4.99. The Balaban J connectivity index is 1.68. The van der Waals surface area contributed by atoms with Gasteiger partial charge in [0, 0.05) is 28.9 Å². The number of esters is 1. The number of furan rings is 1. The Morgan fingerprint density at radius 2 is 2.22 bits per heavy atom. The average molecular weight is 316 g/mol. The quantitative estimate of drug-likeness (QED) is 0.616. The van der Waals surface area contributed by atoms with Crippen LogP contribution in [-0.4, -0.2) is 18.7 Å². The molecule has 4 rings (SSSR count). The highest BCUT2D eigenvalue weighted by Gasteiger charge is 2.61. The fourth-order valence-electron chi connectivity index (χ4n) is 4.99. The summed E-state index contributed by atoms with van der Waals surface area (Å²) < 4.78 is 17.8. The first kappa shape index (κ1) is 15.0. The molecule has 0 bridgehead atoms. The van der Waals surface area contributed by atoms with Crippen molar-refractivity contribution >= 4 is 5.97 Å². The van der Waals surface area contributed by atoms with Gasteiger partial charge in [0.1, 0.15) is 11.9 Å². The van der Waals surface area contributed by atoms with Gasteiger partial charge in [0.25, 0.3) is 0 Å². The summed E-state index contributed by atoms with van der Waals surface area (Å²) in [5.74, 6) is 1.58. The van der Waals surface area contributed by atoms with Gasteiger partial charge in [-0.15, -0.1) is 0 Å². The van der Waals surface area contributed by atoms with Crippen LogP contribution in [0.25, 0.3) is 0 Å². The molecule has 5 atom stereocenters. The molecule has 1 aromatic rings. The first-order valence-electron chi connectivity index (χ1n) is 8.47. The van der Waals surface area contributed by atoms with Crippen molar-refractivity contribution in [2.75, 3.05) is 6.61 Å². The molecule has 0 amide bonds. The molecular formula is C19H24O4. The van der Waals surface area contributed by atoms with Crippen LogP contribution in [-0.2, 0) is 20.7 Å². The molecule has 1 aromatic heterocycles. The van der Waals surface area contributed by atoms with Gasteiger partial charge in [0.2, 0.25) is 0 Å². The molecule has 0 spiro atoms. The van der Waals surface area contributed by atoms with Crippen LogP contribution in [0.4, 0.5) is 0 Å². The van der Waals surface area contributed by atoms with E-state index in [0.29, 0.717) is 18.1 Å². The first-order valence-corrected chi connectivity index (χ1v) is 8.47. The van der Waals surface area contributed by atoms with Gasteiger partial charge in [0.05, 0.1) is 19.0 Å². The SMILES string of the molecule is C=C(C)C(=O)OC1CCC2Cc3occ(C)c3C3OCC1C23C. The van der Waals surface area contributed by atoms with Crippen molar-refractivity contribution in [3.8, 4) is 0 Å². The van der Waals surface area contributed by atoms with Crippen molar-refractivity contribution in [3.63, 3.8) is 0 Å². The Labute approximate surface area is 136 Å². The van der Waals surface area contributed by atoms with Crippen molar-refractivity contribution in [1.82, 2.24) is 0 Å². The number of rotatable bonds is 2. The van der Waals surface area contributed by atoms with Gasteiger partial charge in [-0.2, -0.15) is 0 Å². The largest absolute Gasteiger partial charge is 0.469 e. The summed E-state index contributed by atoms with van der Waals surface area (Å²) in [5, 5.41) is 0. The van der Waals surface area contributed by atoms with Crippen LogP contribution >= 0.6 is 0 Å². The topological polar surface area (TPSA) is 48.7 Å². The Hall–Kier alpha value is -1.55. The molecule has 5 unspecified atom stereocenters. The zero-order valence-electron chi connectivity index (χ0n) is 14.1. The maximum absolute atomic E-state index is 12.0. The summed E-state index contributed by atoms with van der Waals surface area (Å²) in [7, 11) is 0. The Morgan fingerprint density at radius 3 is 2.96 bits per heavy atom. The monoisotopic (exact) mass is 316 g/mol. The minimum Gasteiger partial charge on any atom is -0.469 e. The van der Waals surface area contributed by atoms with Crippen LogP contribution in [0.15, 0.2) is 22.8 Å². The minimum atomic E-state index is -0.281. The van der Waals surface area contributed by atoms with Crippen molar-refractivity contribution < 1.29 is 18.7 Å². The molecule has 4 heteroatoms. The van der Waals surface area contributed by atoms with Gasteiger partial charge >= 0.3 is 5.97 Å². The second-order valence-corrected chi connectivity index (χ2v) is 7.64. The van der Waals surface area contributed by atoms with Gasteiger partial charge in [-0.3, -0.25) is 0 Å². The van der Waals surface area contributed by atoms with Crippen LogP contribution < -0.4 is 0 Å². The van der Waals surface area contributed by atoms with E-state index in [-0.39, 0.29) is 29.5 Å². The molecule has 23 heavy (non-hydrogen) atoms. The van der Waals surface area contributed by atoms with Gasteiger partial charge in [-0.05, 0) is 38.2 Å². The zero-order chi connectivity index (χ0) is 16.4. The lowest BCUT2D eigenvalue weighted by Crippen LogP contribution is -2.50. The fraction of sp³-hybridized carbons (Fsp3) is 0.632. The zero-order valence-corrected chi connectivity index (χ0v) is 14.1. The maximum atomic E-state index is 12.0. The van der Waals surface area contributed by atoms with Crippen LogP contribution in [0.3, 0.4) is 0 Å². The van der Waals surface area contributed by atoms with Crippen molar-refractivity contribution in [3.05, 3.63) is 35.3 Å². The van der Waals surface area contributed by atoms with Crippen LogP contribution in [0, 0.1) is 24.2 Å². The summed E-state index contributed by atoms with van der Waals surface area (Å²) in [4.78, 5) is 12.0. The third-order valence-corrected chi connectivity index (χ3v) is 6.34. The molecule has 1 saturated carbocycles. The van der Waals surface area contributed by atoms with E-state index in [1.54, 1.807) is 6.92 Å². The van der Waals surface area contributed by atoms with E-state index in [0.717, 1.165) is 25.0 Å². The lowest BCUT2D eigenvalue weighted by atomic mass is 9.54. The van der Waals surface area contributed by atoms with Crippen molar-refractivity contribution in [2.24, 2.45) is 17.3 Å². The van der Waals surface area contributed by atoms with Crippen LogP contribution in [0.5, 0.6) is 0 Å². The molecule has 2 heterocycles. The van der Waals surface area contributed by atoms with Crippen molar-refractivity contribution in [1.29, 1.82) is 0 Å². The third-order valence-electron chi connectivity index (χ3n) is 6.34. The molecule has 2 fully saturated rings. The highest BCUT2D eigenvalue weighted by atomic mass is 16.5. The van der Waals surface area contributed by atoms with Gasteiger partial charge in [-0.1, -0.05) is 13.5 Å². The molecule has 1 saturated heterocycles. The molecular weight excluding hydrogens is 292 g/mol. The van der Waals surface area contributed by atoms with E-state index >= 15 is 0 Å². The van der Waals surface area contributed by atoms with E-state index < -0.39 is 0 Å². The molecule has 0 N–H and O–H groups in total. The molecule has 0 radical (unpaired) electrons. The van der Waals surface area contributed by atoms with Gasteiger partial charge in [-0.25, -0.2) is 4.79 Å². The second-order valence-electron chi connectivity index (χ2n) is 7.64. The van der Waals surface area contributed by atoms with Gasteiger partial charge in [0.15, 0.2) is 0 Å². The first-order chi connectivity index (χ1) is 10.9. The summed E-state index contributed by atoms with van der Waals surface area (Å²) >= 11 is 0. The summed E-state index contributed by atoms with van der Waals surface area (Å²) in [6.45, 7) is 10.4. The minimum absolute atomic E-state index is 0.0138. The number of fused-ring (bicyclic) bond motifs is 2. The summed E-state index contributed by atoms with van der Waals surface area (Å²) in [6.07, 6.45) is 4.75. The molecule has 4 nitrogen and oxygen atoms in total. The van der Waals surface area contributed by atoms with E-state index in [9.17, 15) is 4.79 Å². The van der Waals surface area contributed by atoms with Crippen molar-refractivity contribution in [2.45, 2.75) is 52.2 Å². The molecule has 1 aliphatic heterocycles. The van der Waals surface area contributed by atoms with Gasteiger partial charge < -0.3 is 13.9 Å². The summed E-state index contributed by atoms with van der Waals surface area (Å²) in [5.41, 5.74) is 2.88. The maximum Gasteiger partial charge on any atom is 0.333 e. The normalized spacial score (nSPS) is 37.9. The highest BCUT2D eigenvalue weighted by molar-refractivity contribution is 5.87. The Morgan fingerprint density at radius 1 is 1.43 bits per heavy atom. The second kappa shape index (κ2) is 4.97. The number of carbonyl (C=O) groups is 1. The number of aryl methyl sites for hydroxylation is 1. The summed E-state index contributed by atoms with van der Waals surface area (Å²) in [6, 6.07) is 0. The molecule has 124 valence electrons. The lowest BCUT2D eigenvalue weighted by Gasteiger charge is -2.50. The molecule has 2 aliphatic carbocycles. The standard InChI is InChI=1S/C19H24O4/c1-10(2)18(20)23-14-6-5-12-7-15-16(11(3)8-21-15)17-19(12,4)13(14)9-22-17/h8,12-14,17H,1,5-7,9H2,2-4H3. The number of carbonyl (C=O) groups excluding carboxylic acids is 1.